The minimum absolute atomic E-state index is 0.0370. The average molecular weight is 434 g/mol. The Morgan fingerprint density at radius 2 is 1.83 bits per heavy atom. The van der Waals surface area contributed by atoms with Gasteiger partial charge < -0.3 is 24.7 Å². The van der Waals surface area contributed by atoms with Crippen molar-refractivity contribution in [2.75, 3.05) is 0 Å². The first kappa shape index (κ1) is 24.0. The largest absolute Gasteiger partial charge is 0.390 e. The molecule has 0 saturated heterocycles. The van der Waals surface area contributed by atoms with Gasteiger partial charge in [0.2, 0.25) is 0 Å². The number of hydrogen-bond acceptors (Lipinski definition) is 7. The van der Waals surface area contributed by atoms with Crippen LogP contribution in [-0.2, 0) is 9.09 Å². The lowest BCUT2D eigenvalue weighted by Gasteiger charge is -2.37. The van der Waals surface area contributed by atoms with Gasteiger partial charge in [-0.05, 0) is 45.4 Å². The molecule has 1 aliphatic carbocycles. The first-order valence-electron chi connectivity index (χ1n) is 9.70. The molecule has 5 N–H and O–H groups in total. The summed E-state index contributed by atoms with van der Waals surface area (Å²) in [6, 6.07) is 0.387. The molecule has 5 unspecified atom stereocenters. The van der Waals surface area contributed by atoms with Crippen LogP contribution in [0.3, 0.4) is 0 Å². The molecule has 5 atom stereocenters. The van der Waals surface area contributed by atoms with Crippen LogP contribution in [0.5, 0.6) is 0 Å². The Labute approximate surface area is 168 Å². The maximum Gasteiger partial charge on any atom is 0.359 e. The predicted molar refractivity (Wildman–Crippen MR) is 106 cm³/mol. The molecule has 1 fully saturated rings. The van der Waals surface area contributed by atoms with Crippen LogP contribution in [-0.4, -0.2) is 52.9 Å². The first-order valence-corrected chi connectivity index (χ1v) is 11.3. The number of nitrogens with zero attached hydrogens (tertiary/aromatic N) is 1. The summed E-state index contributed by atoms with van der Waals surface area (Å²) in [6.45, 7) is 6.32. The lowest BCUT2D eigenvalue weighted by molar-refractivity contribution is -0.0215. The molecule has 2 rings (SSSR count). The van der Waals surface area contributed by atoms with E-state index in [1.807, 2.05) is 0 Å². The number of rotatable bonds is 8. The molecule has 1 aromatic heterocycles. The van der Waals surface area contributed by atoms with Crippen molar-refractivity contribution < 1.29 is 29.3 Å². The van der Waals surface area contributed by atoms with Gasteiger partial charge in [0.1, 0.15) is 6.10 Å². The highest BCUT2D eigenvalue weighted by Crippen LogP contribution is 2.60. The molecule has 0 amide bonds. The van der Waals surface area contributed by atoms with E-state index in [4.69, 9.17) is 4.52 Å². The molecule has 1 saturated carbocycles. The summed E-state index contributed by atoms with van der Waals surface area (Å²) in [6.07, 6.45) is -0.822. The second-order valence-electron chi connectivity index (χ2n) is 8.33. The van der Waals surface area contributed by atoms with Crippen LogP contribution in [0.2, 0.25) is 0 Å². The van der Waals surface area contributed by atoms with Crippen LogP contribution >= 0.6 is 7.60 Å². The fourth-order valence-electron chi connectivity index (χ4n) is 4.00. The van der Waals surface area contributed by atoms with E-state index in [9.17, 15) is 34.4 Å². The summed E-state index contributed by atoms with van der Waals surface area (Å²) in [4.78, 5) is 35.7. The normalized spacial score (nSPS) is 27.7. The van der Waals surface area contributed by atoms with Crippen molar-refractivity contribution in [1.82, 2.24) is 9.55 Å². The van der Waals surface area contributed by atoms with Gasteiger partial charge in [0.25, 0.3) is 5.56 Å². The van der Waals surface area contributed by atoms with Crippen molar-refractivity contribution in [3.8, 4) is 0 Å². The Morgan fingerprint density at radius 1 is 1.24 bits per heavy atom. The number of hydrogen-bond donors (Lipinski definition) is 5. The third-order valence-electron chi connectivity index (χ3n) is 5.76. The highest BCUT2D eigenvalue weighted by molar-refractivity contribution is 7.54. The van der Waals surface area contributed by atoms with Crippen LogP contribution in [0.15, 0.2) is 21.9 Å². The monoisotopic (exact) mass is 434 g/mol. The second kappa shape index (κ2) is 8.45. The quantitative estimate of drug-likeness (QED) is 0.373. The maximum atomic E-state index is 12.7. The third kappa shape index (κ3) is 4.90. The van der Waals surface area contributed by atoms with Crippen LogP contribution in [0.1, 0.15) is 59.4 Å². The molecular weight excluding hydrogens is 403 g/mol. The van der Waals surface area contributed by atoms with E-state index in [1.54, 1.807) is 27.7 Å². The van der Waals surface area contributed by atoms with E-state index in [1.165, 1.54) is 6.20 Å². The number of nitrogens with one attached hydrogen (secondary N) is 1. The summed E-state index contributed by atoms with van der Waals surface area (Å²) in [5.74, 6) is -0.542. The molecular formula is C18H31N2O8P. The standard InChI is InChI=1S/C18H31N2O8P/c1-5-18(25,6-2)29(26,27)28-17(3,4)10-11-9-12(15(23)14(11)22)20-8-7-13(21)19-16(20)24/h7-8,11-12,14-15,22-23,25H,5-6,9-10H2,1-4H3,(H,26,27)(H,19,21,24). The van der Waals surface area contributed by atoms with E-state index >= 15 is 0 Å². The third-order valence-corrected chi connectivity index (χ3v) is 8.19. The smallest absolute Gasteiger partial charge is 0.359 e. The number of H-pyrrole nitrogens is 1. The number of aromatic amines is 1. The van der Waals surface area contributed by atoms with Gasteiger partial charge >= 0.3 is 13.3 Å². The number of aliphatic hydroxyl groups is 3. The zero-order valence-corrected chi connectivity index (χ0v) is 18.0. The maximum absolute atomic E-state index is 12.7. The Hall–Kier alpha value is -1.29. The van der Waals surface area contributed by atoms with E-state index in [2.05, 4.69) is 4.98 Å². The molecule has 0 aromatic carbocycles. The van der Waals surface area contributed by atoms with Crippen LogP contribution in [0.4, 0.5) is 0 Å². The molecule has 0 radical (unpaired) electrons. The van der Waals surface area contributed by atoms with E-state index in [0.717, 1.165) is 10.6 Å². The zero-order chi connectivity index (χ0) is 22.2. The summed E-state index contributed by atoms with van der Waals surface area (Å²) in [7, 11) is -4.40. The summed E-state index contributed by atoms with van der Waals surface area (Å²) >= 11 is 0. The summed E-state index contributed by atoms with van der Waals surface area (Å²) < 4.78 is 19.3. The van der Waals surface area contributed by atoms with Crippen molar-refractivity contribution in [1.29, 1.82) is 0 Å². The van der Waals surface area contributed by atoms with Crippen LogP contribution < -0.4 is 11.2 Å². The average Bonchev–Trinajstić information content (AvgIpc) is 2.87. The molecule has 29 heavy (non-hydrogen) atoms. The minimum Gasteiger partial charge on any atom is -0.390 e. The lowest BCUT2D eigenvalue weighted by atomic mass is 9.91. The van der Waals surface area contributed by atoms with E-state index in [0.29, 0.717) is 0 Å². The van der Waals surface area contributed by atoms with Gasteiger partial charge in [0.15, 0.2) is 5.34 Å². The zero-order valence-electron chi connectivity index (χ0n) is 17.1. The van der Waals surface area contributed by atoms with Crippen molar-refractivity contribution >= 4 is 7.60 Å². The molecule has 166 valence electrons. The van der Waals surface area contributed by atoms with Gasteiger partial charge in [-0.3, -0.25) is 18.9 Å². The first-order chi connectivity index (χ1) is 13.3. The van der Waals surface area contributed by atoms with Gasteiger partial charge in [-0.15, -0.1) is 0 Å². The van der Waals surface area contributed by atoms with E-state index in [-0.39, 0.29) is 25.7 Å². The van der Waals surface area contributed by atoms with Gasteiger partial charge in [0, 0.05) is 12.3 Å². The van der Waals surface area contributed by atoms with Crippen LogP contribution in [0, 0.1) is 5.92 Å². The Kier molecular flexibility index (Phi) is 6.99. The van der Waals surface area contributed by atoms with Crippen molar-refractivity contribution in [3.63, 3.8) is 0 Å². The molecule has 1 heterocycles. The second-order valence-corrected chi connectivity index (χ2v) is 10.4. The lowest BCUT2D eigenvalue weighted by Crippen LogP contribution is -2.38. The van der Waals surface area contributed by atoms with Gasteiger partial charge in [-0.1, -0.05) is 13.8 Å². The fraction of sp³-hybridized carbons (Fsp3) is 0.778. The molecule has 0 aliphatic heterocycles. The summed E-state index contributed by atoms with van der Waals surface area (Å²) in [5.41, 5.74) is -2.46. The van der Waals surface area contributed by atoms with Gasteiger partial charge in [0.05, 0.1) is 17.7 Å². The van der Waals surface area contributed by atoms with Crippen molar-refractivity contribution in [3.05, 3.63) is 33.1 Å². The topological polar surface area (TPSA) is 162 Å². The molecule has 1 aliphatic rings. The highest BCUT2D eigenvalue weighted by Gasteiger charge is 2.50. The number of aromatic nitrogens is 2. The predicted octanol–water partition coefficient (Wildman–Crippen LogP) is 0.699. The molecule has 0 bridgehead atoms. The Morgan fingerprint density at radius 3 is 2.34 bits per heavy atom. The van der Waals surface area contributed by atoms with Gasteiger partial charge in [-0.2, -0.15) is 0 Å². The number of aliphatic hydroxyl groups excluding tert-OH is 2. The van der Waals surface area contributed by atoms with Gasteiger partial charge in [-0.25, -0.2) is 4.79 Å². The molecule has 1 aromatic rings. The molecule has 0 spiro atoms. The Bertz CT molecular complexity index is 875. The SMILES string of the molecule is CCC(O)(CC)P(=O)(O)OC(C)(C)CC1CC(n2ccc(=O)[nH]c2=O)C(O)C1O. The fourth-order valence-corrected chi connectivity index (χ4v) is 5.72. The van der Waals surface area contributed by atoms with Crippen LogP contribution in [0.25, 0.3) is 0 Å². The molecule has 10 nitrogen and oxygen atoms in total. The highest BCUT2D eigenvalue weighted by atomic mass is 31.2. The van der Waals surface area contributed by atoms with Crippen molar-refractivity contribution in [2.24, 2.45) is 5.92 Å². The minimum atomic E-state index is -4.40. The molecule has 11 heteroatoms. The van der Waals surface area contributed by atoms with Crippen molar-refractivity contribution in [2.45, 2.75) is 82.6 Å². The van der Waals surface area contributed by atoms with E-state index < -0.39 is 54.0 Å². The Balaban J connectivity index is 2.19. The summed E-state index contributed by atoms with van der Waals surface area (Å²) in [5, 5.41) is 29.5.